The summed E-state index contributed by atoms with van der Waals surface area (Å²) >= 11 is 0. The maximum Gasteiger partial charge on any atom is 0.229 e. The highest BCUT2D eigenvalue weighted by Gasteiger charge is 2.18. The van der Waals surface area contributed by atoms with Crippen LogP contribution in [0.1, 0.15) is 50.9 Å². The van der Waals surface area contributed by atoms with Gasteiger partial charge in [0.15, 0.2) is 0 Å². The second-order valence-electron chi connectivity index (χ2n) is 3.83. The van der Waals surface area contributed by atoms with Crippen LogP contribution in [0.2, 0.25) is 0 Å². The molecule has 0 aliphatic carbocycles. The summed E-state index contributed by atoms with van der Waals surface area (Å²) in [4.78, 5) is 4.23. The molecular formula is C11H20N2O3. The van der Waals surface area contributed by atoms with Crippen LogP contribution in [0.4, 0.5) is 0 Å². The minimum atomic E-state index is -0.416. The molecular weight excluding hydrogens is 208 g/mol. The lowest BCUT2D eigenvalue weighted by molar-refractivity contribution is 0.0854. The van der Waals surface area contributed by atoms with Crippen LogP contribution in [0.3, 0.4) is 0 Å². The van der Waals surface area contributed by atoms with Crippen LogP contribution in [-0.4, -0.2) is 28.5 Å². The average Bonchev–Trinajstić information content (AvgIpc) is 2.74. The van der Waals surface area contributed by atoms with Crippen molar-refractivity contribution >= 4 is 0 Å². The van der Waals surface area contributed by atoms with Gasteiger partial charge in [-0.3, -0.25) is 0 Å². The van der Waals surface area contributed by atoms with Crippen molar-refractivity contribution < 1.29 is 14.4 Å². The van der Waals surface area contributed by atoms with E-state index in [1.807, 2.05) is 6.92 Å². The highest BCUT2D eigenvalue weighted by Crippen LogP contribution is 2.19. The van der Waals surface area contributed by atoms with Crippen molar-refractivity contribution in [3.05, 3.63) is 11.7 Å². The van der Waals surface area contributed by atoms with Gasteiger partial charge >= 0.3 is 0 Å². The molecule has 0 saturated carbocycles. The Bertz CT molecular complexity index is 301. The molecule has 1 N–H and O–H groups in total. The van der Waals surface area contributed by atoms with Gasteiger partial charge in [0.25, 0.3) is 0 Å². The summed E-state index contributed by atoms with van der Waals surface area (Å²) in [5.74, 6) is 1.05. The fourth-order valence-corrected chi connectivity index (χ4v) is 1.44. The predicted molar refractivity (Wildman–Crippen MR) is 59.0 cm³/mol. The largest absolute Gasteiger partial charge is 0.393 e. The number of aliphatic hydroxyl groups excluding tert-OH is 1. The van der Waals surface area contributed by atoms with Gasteiger partial charge in [0.2, 0.25) is 11.7 Å². The summed E-state index contributed by atoms with van der Waals surface area (Å²) < 4.78 is 10.3. The molecule has 0 saturated heterocycles. The molecule has 92 valence electrons. The second kappa shape index (κ2) is 6.60. The van der Waals surface area contributed by atoms with Crippen LogP contribution in [0.5, 0.6) is 0 Å². The zero-order chi connectivity index (χ0) is 12.0. The Kier molecular flexibility index (Phi) is 5.42. The lowest BCUT2D eigenvalue weighted by atomic mass is 10.2. The Labute approximate surface area is 95.8 Å². The number of nitrogens with zero attached hydrogens (tertiary/aromatic N) is 2. The first kappa shape index (κ1) is 13.1. The Hall–Kier alpha value is -0.940. The minimum Gasteiger partial charge on any atom is -0.393 e. The molecule has 2 unspecified atom stereocenters. The summed E-state index contributed by atoms with van der Waals surface area (Å²) in [6, 6.07) is 0. The number of ether oxygens (including phenoxy) is 1. The molecule has 0 amide bonds. The van der Waals surface area contributed by atoms with Gasteiger partial charge in [0, 0.05) is 7.11 Å². The highest BCUT2D eigenvalue weighted by molar-refractivity contribution is 4.92. The summed E-state index contributed by atoms with van der Waals surface area (Å²) in [5, 5.41) is 13.3. The fraction of sp³-hybridized carbons (Fsp3) is 0.818. The van der Waals surface area contributed by atoms with E-state index in [2.05, 4.69) is 17.1 Å². The van der Waals surface area contributed by atoms with Gasteiger partial charge in [0.1, 0.15) is 6.10 Å². The molecule has 0 fully saturated rings. The molecule has 5 nitrogen and oxygen atoms in total. The van der Waals surface area contributed by atoms with Crippen molar-refractivity contribution in [1.29, 1.82) is 0 Å². The number of hydrogen-bond acceptors (Lipinski definition) is 5. The SMILES string of the molecule is CCCC(OC)c1noc(CC(O)CC)n1. The monoisotopic (exact) mass is 228 g/mol. The zero-order valence-corrected chi connectivity index (χ0v) is 10.1. The topological polar surface area (TPSA) is 68.4 Å². The quantitative estimate of drug-likeness (QED) is 0.771. The number of rotatable bonds is 7. The van der Waals surface area contributed by atoms with Crippen molar-refractivity contribution in [3.8, 4) is 0 Å². The molecule has 1 rings (SSSR count). The van der Waals surface area contributed by atoms with E-state index in [0.29, 0.717) is 24.6 Å². The second-order valence-corrected chi connectivity index (χ2v) is 3.83. The van der Waals surface area contributed by atoms with Gasteiger partial charge in [-0.25, -0.2) is 0 Å². The Balaban J connectivity index is 2.62. The maximum absolute atomic E-state index is 9.46. The standard InChI is InChI=1S/C11H20N2O3/c1-4-6-9(15-3)11-12-10(16-13-11)7-8(14)5-2/h8-9,14H,4-7H2,1-3H3. The molecule has 0 aliphatic heterocycles. The van der Waals surface area contributed by atoms with E-state index in [1.165, 1.54) is 0 Å². The first-order valence-corrected chi connectivity index (χ1v) is 5.74. The third kappa shape index (κ3) is 3.57. The molecule has 0 spiro atoms. The van der Waals surface area contributed by atoms with E-state index >= 15 is 0 Å². The van der Waals surface area contributed by atoms with Gasteiger partial charge in [0.05, 0.1) is 12.5 Å². The Morgan fingerprint density at radius 3 is 2.75 bits per heavy atom. The Morgan fingerprint density at radius 2 is 2.19 bits per heavy atom. The molecule has 2 atom stereocenters. The van der Waals surface area contributed by atoms with Crippen LogP contribution in [0.15, 0.2) is 4.52 Å². The summed E-state index contributed by atoms with van der Waals surface area (Å²) in [7, 11) is 1.64. The fourth-order valence-electron chi connectivity index (χ4n) is 1.44. The lowest BCUT2D eigenvalue weighted by Gasteiger charge is -2.08. The van der Waals surface area contributed by atoms with Gasteiger partial charge in [-0.1, -0.05) is 25.4 Å². The normalized spacial score (nSPS) is 15.0. The smallest absolute Gasteiger partial charge is 0.229 e. The number of hydrogen-bond donors (Lipinski definition) is 1. The van der Waals surface area contributed by atoms with Gasteiger partial charge in [-0.05, 0) is 12.8 Å². The van der Waals surface area contributed by atoms with Crippen molar-refractivity contribution in [2.45, 2.75) is 51.7 Å². The van der Waals surface area contributed by atoms with E-state index in [1.54, 1.807) is 7.11 Å². The molecule has 1 aromatic heterocycles. The predicted octanol–water partition coefficient (Wildman–Crippen LogP) is 1.87. The van der Waals surface area contributed by atoms with Gasteiger partial charge in [-0.15, -0.1) is 0 Å². The minimum absolute atomic E-state index is 0.110. The van der Waals surface area contributed by atoms with E-state index in [9.17, 15) is 5.11 Å². The average molecular weight is 228 g/mol. The van der Waals surface area contributed by atoms with Crippen LogP contribution < -0.4 is 0 Å². The first-order chi connectivity index (χ1) is 7.71. The van der Waals surface area contributed by atoms with Crippen LogP contribution >= 0.6 is 0 Å². The lowest BCUT2D eigenvalue weighted by Crippen LogP contribution is -2.09. The summed E-state index contributed by atoms with van der Waals surface area (Å²) in [6.45, 7) is 3.99. The summed E-state index contributed by atoms with van der Waals surface area (Å²) in [5.41, 5.74) is 0. The third-order valence-electron chi connectivity index (χ3n) is 2.49. The third-order valence-corrected chi connectivity index (χ3v) is 2.49. The zero-order valence-electron chi connectivity index (χ0n) is 10.1. The van der Waals surface area contributed by atoms with E-state index in [0.717, 1.165) is 12.8 Å². The molecule has 16 heavy (non-hydrogen) atoms. The van der Waals surface area contributed by atoms with Crippen molar-refractivity contribution in [3.63, 3.8) is 0 Å². The molecule has 0 aromatic carbocycles. The molecule has 0 aliphatic rings. The Morgan fingerprint density at radius 1 is 1.44 bits per heavy atom. The van der Waals surface area contributed by atoms with E-state index in [-0.39, 0.29) is 6.10 Å². The highest BCUT2D eigenvalue weighted by atomic mass is 16.5. The molecule has 1 aromatic rings. The molecule has 1 heterocycles. The molecule has 0 radical (unpaired) electrons. The van der Waals surface area contributed by atoms with Crippen molar-refractivity contribution in [2.75, 3.05) is 7.11 Å². The van der Waals surface area contributed by atoms with E-state index in [4.69, 9.17) is 9.26 Å². The number of methoxy groups -OCH3 is 1. The molecule has 0 bridgehead atoms. The van der Waals surface area contributed by atoms with Crippen LogP contribution in [0.25, 0.3) is 0 Å². The number of aromatic nitrogens is 2. The van der Waals surface area contributed by atoms with Crippen molar-refractivity contribution in [1.82, 2.24) is 10.1 Å². The first-order valence-electron chi connectivity index (χ1n) is 5.74. The molecule has 5 heteroatoms. The van der Waals surface area contributed by atoms with Gasteiger partial charge in [-0.2, -0.15) is 4.98 Å². The maximum atomic E-state index is 9.46. The number of aliphatic hydroxyl groups is 1. The van der Waals surface area contributed by atoms with Gasteiger partial charge < -0.3 is 14.4 Å². The summed E-state index contributed by atoms with van der Waals surface area (Å²) in [6.07, 6.45) is 2.43. The van der Waals surface area contributed by atoms with Crippen LogP contribution in [0, 0.1) is 0 Å². The van der Waals surface area contributed by atoms with Crippen molar-refractivity contribution in [2.24, 2.45) is 0 Å². The van der Waals surface area contributed by atoms with Crippen LogP contribution in [-0.2, 0) is 11.2 Å². The van der Waals surface area contributed by atoms with E-state index < -0.39 is 6.10 Å².